The van der Waals surface area contributed by atoms with E-state index in [2.05, 4.69) is 37.3 Å². The van der Waals surface area contributed by atoms with Crippen LogP contribution in [0.2, 0.25) is 0 Å². The summed E-state index contributed by atoms with van der Waals surface area (Å²) in [6.45, 7) is 9.40. The molecule has 0 amide bonds. The zero-order valence-electron chi connectivity index (χ0n) is 17.7. The molecule has 3 aromatic heterocycles. The number of likely N-dealkylation sites (tertiary alicyclic amines) is 1. The van der Waals surface area contributed by atoms with E-state index in [1.54, 1.807) is 23.1 Å². The molecule has 0 unspecified atom stereocenters. The number of halogens is 1. The summed E-state index contributed by atoms with van der Waals surface area (Å²) >= 11 is 5.84. The number of nitrogens with one attached hydrogen (secondary N) is 2. The molecule has 1 saturated heterocycles. The first-order valence-corrected chi connectivity index (χ1v) is 11.0. The van der Waals surface area contributed by atoms with E-state index in [9.17, 15) is 0 Å². The Kier molecular flexibility index (Phi) is 6.38. The number of rotatable bonds is 8. The van der Waals surface area contributed by atoms with Crippen molar-refractivity contribution in [1.82, 2.24) is 34.7 Å². The lowest BCUT2D eigenvalue weighted by atomic mass is 9.94. The van der Waals surface area contributed by atoms with Crippen molar-refractivity contribution >= 4 is 23.2 Å². The summed E-state index contributed by atoms with van der Waals surface area (Å²) in [5.41, 5.74) is 2.17. The second kappa shape index (κ2) is 9.18. The average molecular weight is 433 g/mol. The SMILES string of the molecule is CC(C)Oc1c(-c2cn[nH]c2)ncc2nc(N[C@H]3CCN(CCCCl)C[C@H]3C)nn12. The Bertz CT molecular complexity index is 957. The number of nitrogens with zero attached hydrogens (tertiary/aromatic N) is 6. The number of anilines is 1. The van der Waals surface area contributed by atoms with Crippen LogP contribution >= 0.6 is 11.6 Å². The van der Waals surface area contributed by atoms with Crippen LogP contribution < -0.4 is 10.1 Å². The number of aromatic nitrogens is 6. The monoisotopic (exact) mass is 432 g/mol. The van der Waals surface area contributed by atoms with E-state index in [4.69, 9.17) is 21.4 Å². The number of alkyl halides is 1. The van der Waals surface area contributed by atoms with E-state index in [0.29, 0.717) is 41.0 Å². The summed E-state index contributed by atoms with van der Waals surface area (Å²) in [7, 11) is 0. The second-order valence-electron chi connectivity index (χ2n) is 8.13. The lowest BCUT2D eigenvalue weighted by molar-refractivity contribution is 0.172. The molecule has 2 atom stereocenters. The third kappa shape index (κ3) is 4.52. The molecule has 162 valence electrons. The summed E-state index contributed by atoms with van der Waals surface area (Å²) in [4.78, 5) is 11.7. The van der Waals surface area contributed by atoms with Crippen LogP contribution in [-0.4, -0.2) is 72.3 Å². The zero-order valence-corrected chi connectivity index (χ0v) is 18.4. The van der Waals surface area contributed by atoms with Gasteiger partial charge in [-0.15, -0.1) is 16.7 Å². The summed E-state index contributed by atoms with van der Waals surface area (Å²) in [5, 5.41) is 15.1. The molecule has 1 fully saturated rings. The molecule has 4 heterocycles. The van der Waals surface area contributed by atoms with Gasteiger partial charge in [0.25, 0.3) is 0 Å². The fourth-order valence-electron chi connectivity index (χ4n) is 3.90. The highest BCUT2D eigenvalue weighted by Gasteiger charge is 2.27. The molecular weight excluding hydrogens is 404 g/mol. The molecule has 0 aliphatic carbocycles. The third-order valence-electron chi connectivity index (χ3n) is 5.37. The van der Waals surface area contributed by atoms with Crippen LogP contribution in [0, 0.1) is 5.92 Å². The van der Waals surface area contributed by atoms with Crippen molar-refractivity contribution in [2.24, 2.45) is 5.92 Å². The lowest BCUT2D eigenvalue weighted by Crippen LogP contribution is -2.45. The van der Waals surface area contributed by atoms with E-state index in [-0.39, 0.29) is 6.10 Å². The van der Waals surface area contributed by atoms with Gasteiger partial charge in [0.15, 0.2) is 5.65 Å². The molecule has 4 rings (SSSR count). The summed E-state index contributed by atoms with van der Waals surface area (Å²) in [5.74, 6) is 2.37. The molecule has 0 spiro atoms. The molecule has 0 radical (unpaired) electrons. The Morgan fingerprint density at radius 1 is 1.37 bits per heavy atom. The first-order valence-electron chi connectivity index (χ1n) is 10.5. The van der Waals surface area contributed by atoms with Crippen molar-refractivity contribution in [2.45, 2.75) is 45.8 Å². The number of fused-ring (bicyclic) bond motifs is 1. The maximum atomic E-state index is 6.07. The first kappa shape index (κ1) is 20.9. The highest BCUT2D eigenvalue weighted by Crippen LogP contribution is 2.29. The maximum absolute atomic E-state index is 6.07. The van der Waals surface area contributed by atoms with Gasteiger partial charge in [0.1, 0.15) is 5.69 Å². The quantitative estimate of drug-likeness (QED) is 0.528. The molecule has 9 nitrogen and oxygen atoms in total. The minimum atomic E-state index is -0.0269. The van der Waals surface area contributed by atoms with Gasteiger partial charge in [0, 0.05) is 36.8 Å². The van der Waals surface area contributed by atoms with E-state index in [0.717, 1.165) is 38.0 Å². The normalized spacial score (nSPS) is 20.2. The van der Waals surface area contributed by atoms with Crippen molar-refractivity contribution in [2.75, 3.05) is 30.8 Å². The van der Waals surface area contributed by atoms with Crippen LogP contribution in [0.15, 0.2) is 18.6 Å². The summed E-state index contributed by atoms with van der Waals surface area (Å²) in [6.07, 6.45) is 7.28. The minimum absolute atomic E-state index is 0.0269. The fourth-order valence-corrected chi connectivity index (χ4v) is 4.02. The smallest absolute Gasteiger partial charge is 0.244 e. The van der Waals surface area contributed by atoms with Gasteiger partial charge in [-0.1, -0.05) is 6.92 Å². The number of hydrogen-bond donors (Lipinski definition) is 2. The van der Waals surface area contributed by atoms with E-state index in [1.807, 2.05) is 13.8 Å². The second-order valence-corrected chi connectivity index (χ2v) is 8.51. The van der Waals surface area contributed by atoms with Crippen molar-refractivity contribution in [3.05, 3.63) is 18.6 Å². The Hall–Kier alpha value is -2.39. The van der Waals surface area contributed by atoms with Crippen molar-refractivity contribution in [3.8, 4) is 17.1 Å². The van der Waals surface area contributed by atoms with Gasteiger partial charge in [-0.25, -0.2) is 4.98 Å². The van der Waals surface area contributed by atoms with Crippen molar-refractivity contribution in [3.63, 3.8) is 0 Å². The van der Waals surface area contributed by atoms with Gasteiger partial charge < -0.3 is 15.0 Å². The highest BCUT2D eigenvalue weighted by atomic mass is 35.5. The molecule has 10 heteroatoms. The zero-order chi connectivity index (χ0) is 21.1. The largest absolute Gasteiger partial charge is 0.473 e. The van der Waals surface area contributed by atoms with Gasteiger partial charge in [0.2, 0.25) is 11.8 Å². The molecule has 0 saturated carbocycles. The van der Waals surface area contributed by atoms with Gasteiger partial charge >= 0.3 is 0 Å². The Labute approximate surface area is 181 Å². The Balaban J connectivity index is 1.56. The molecule has 1 aliphatic heterocycles. The molecule has 1 aliphatic rings. The topological polar surface area (TPSA) is 96.3 Å². The predicted molar refractivity (Wildman–Crippen MR) is 117 cm³/mol. The Morgan fingerprint density at radius 2 is 2.23 bits per heavy atom. The number of H-pyrrole nitrogens is 1. The Morgan fingerprint density at radius 3 is 2.93 bits per heavy atom. The summed E-state index contributed by atoms with van der Waals surface area (Å²) in [6, 6.07) is 0.324. The molecule has 0 aromatic carbocycles. The fraction of sp³-hybridized carbons (Fsp3) is 0.600. The molecule has 2 N–H and O–H groups in total. The highest BCUT2D eigenvalue weighted by molar-refractivity contribution is 6.17. The van der Waals surface area contributed by atoms with E-state index in [1.165, 1.54) is 0 Å². The number of aromatic amines is 1. The van der Waals surface area contributed by atoms with Crippen molar-refractivity contribution in [1.29, 1.82) is 0 Å². The van der Waals surface area contributed by atoms with Crippen LogP contribution in [0.25, 0.3) is 16.9 Å². The van der Waals surface area contributed by atoms with Crippen LogP contribution in [0.1, 0.15) is 33.6 Å². The van der Waals surface area contributed by atoms with E-state index < -0.39 is 0 Å². The maximum Gasteiger partial charge on any atom is 0.244 e. The molecule has 3 aromatic rings. The minimum Gasteiger partial charge on any atom is -0.473 e. The molecular formula is C20H29ClN8O. The number of hydrogen-bond acceptors (Lipinski definition) is 7. The molecule has 0 bridgehead atoms. The van der Waals surface area contributed by atoms with Gasteiger partial charge in [-0.2, -0.15) is 14.6 Å². The lowest BCUT2D eigenvalue weighted by Gasteiger charge is -2.37. The van der Waals surface area contributed by atoms with Gasteiger partial charge in [-0.3, -0.25) is 5.10 Å². The number of ether oxygens (including phenoxy) is 1. The van der Waals surface area contributed by atoms with Gasteiger partial charge in [0.05, 0.1) is 18.5 Å². The van der Waals surface area contributed by atoms with Crippen LogP contribution in [-0.2, 0) is 0 Å². The van der Waals surface area contributed by atoms with E-state index >= 15 is 0 Å². The standard InChI is InChI=1S/C20H29ClN8O/c1-13(2)30-19-18(15-9-23-24-10-15)22-11-17-26-20(27-29(17)19)25-16-5-8-28(7-4-6-21)12-14(16)3/h9-11,13-14,16H,4-8,12H2,1-3H3,(H,23,24)(H,25,27)/t14-,16+/m1/s1. The van der Waals surface area contributed by atoms with Crippen LogP contribution in [0.5, 0.6) is 5.88 Å². The summed E-state index contributed by atoms with van der Waals surface area (Å²) < 4.78 is 7.79. The first-order chi connectivity index (χ1) is 14.5. The van der Waals surface area contributed by atoms with Crippen LogP contribution in [0.3, 0.4) is 0 Å². The van der Waals surface area contributed by atoms with Gasteiger partial charge in [-0.05, 0) is 39.2 Å². The predicted octanol–water partition coefficient (Wildman–Crippen LogP) is 3.05. The van der Waals surface area contributed by atoms with Crippen molar-refractivity contribution < 1.29 is 4.74 Å². The van der Waals surface area contributed by atoms with Crippen LogP contribution in [0.4, 0.5) is 5.95 Å². The third-order valence-corrected chi connectivity index (χ3v) is 5.63. The number of piperidine rings is 1. The average Bonchev–Trinajstić information content (AvgIpc) is 3.38. The molecule has 30 heavy (non-hydrogen) atoms.